The number of allylic oxidation sites excluding steroid dienone is 1. The van der Waals surface area contributed by atoms with Gasteiger partial charge in [-0.1, -0.05) is 11.6 Å². The first-order valence-electron chi connectivity index (χ1n) is 12.6. The van der Waals surface area contributed by atoms with Gasteiger partial charge in [0.1, 0.15) is 28.5 Å². The van der Waals surface area contributed by atoms with Crippen molar-refractivity contribution in [3.63, 3.8) is 0 Å². The Hall–Kier alpha value is -4.14. The number of anilines is 1. The molecule has 0 bridgehead atoms. The van der Waals surface area contributed by atoms with Gasteiger partial charge in [-0.2, -0.15) is 0 Å². The number of hydrogen-bond donors (Lipinski definition) is 2. The summed E-state index contributed by atoms with van der Waals surface area (Å²) in [6.45, 7) is 10.0. The molecule has 3 aromatic rings. The van der Waals surface area contributed by atoms with E-state index in [1.54, 1.807) is 30.6 Å². The Labute approximate surface area is 239 Å². The van der Waals surface area contributed by atoms with Crippen molar-refractivity contribution in [2.24, 2.45) is 9.98 Å². The lowest BCUT2D eigenvalue weighted by molar-refractivity contribution is 0.0638. The molecule has 2 N–H and O–H groups in total. The molecule has 0 aliphatic rings. The number of amidine groups is 1. The van der Waals surface area contributed by atoms with Crippen LogP contribution in [0.2, 0.25) is 0 Å². The van der Waals surface area contributed by atoms with Gasteiger partial charge in [0.25, 0.3) is 0 Å². The largest absolute Gasteiger partial charge is 0.494 e. The summed E-state index contributed by atoms with van der Waals surface area (Å²) in [6, 6.07) is 7.00. The zero-order valence-corrected chi connectivity index (χ0v) is 24.7. The quantitative estimate of drug-likeness (QED) is 0.227. The van der Waals surface area contributed by atoms with Gasteiger partial charge in [0.2, 0.25) is 16.0 Å². The predicted octanol–water partition coefficient (Wildman–Crippen LogP) is 3.19. The van der Waals surface area contributed by atoms with E-state index in [9.17, 15) is 13.5 Å². The number of methoxy groups -OCH3 is 2. The Morgan fingerprint density at radius 3 is 2.44 bits per heavy atom. The van der Waals surface area contributed by atoms with Crippen molar-refractivity contribution in [3.05, 3.63) is 54.0 Å². The van der Waals surface area contributed by atoms with Crippen LogP contribution in [0.1, 0.15) is 26.3 Å². The van der Waals surface area contributed by atoms with E-state index >= 15 is 0 Å². The van der Waals surface area contributed by atoms with E-state index in [2.05, 4.69) is 36.6 Å². The monoisotopic (exact) mass is 585 g/mol. The van der Waals surface area contributed by atoms with E-state index in [1.165, 1.54) is 31.9 Å². The average molecular weight is 586 g/mol. The molecule has 2 aromatic heterocycles. The van der Waals surface area contributed by atoms with Gasteiger partial charge in [0.15, 0.2) is 11.7 Å². The summed E-state index contributed by atoms with van der Waals surface area (Å²) in [5.74, 6) is 0.968. The Morgan fingerprint density at radius 2 is 1.88 bits per heavy atom. The maximum absolute atomic E-state index is 13.8. The van der Waals surface area contributed by atoms with Crippen LogP contribution >= 0.6 is 0 Å². The van der Waals surface area contributed by atoms with Crippen LogP contribution in [-0.2, 0) is 14.8 Å². The normalized spacial score (nSPS) is 13.3. The molecule has 0 saturated heterocycles. The number of aromatic nitrogens is 4. The second-order valence-electron chi connectivity index (χ2n) is 9.16. The third-order valence-corrected chi connectivity index (χ3v) is 7.52. The number of aryl methyl sites for hydroxylation is 1. The van der Waals surface area contributed by atoms with E-state index < -0.39 is 21.4 Å². The highest BCUT2D eigenvalue weighted by Crippen LogP contribution is 2.38. The fraction of sp³-hybridized carbons (Fsp3) is 0.370. The molecule has 0 unspecified atom stereocenters. The molecule has 13 nitrogen and oxygen atoms in total. The van der Waals surface area contributed by atoms with E-state index in [4.69, 9.17) is 14.2 Å². The molecule has 41 heavy (non-hydrogen) atoms. The second-order valence-corrected chi connectivity index (χ2v) is 11.2. The number of rotatable bonds is 13. The van der Waals surface area contributed by atoms with Gasteiger partial charge < -0.3 is 19.3 Å². The van der Waals surface area contributed by atoms with Crippen LogP contribution in [0.3, 0.4) is 0 Å². The second kappa shape index (κ2) is 14.0. The number of aliphatic hydroxyl groups excluding tert-OH is 1. The molecule has 14 heteroatoms. The fourth-order valence-corrected chi connectivity index (χ4v) is 4.96. The third-order valence-electron chi connectivity index (χ3n) is 5.83. The van der Waals surface area contributed by atoms with Gasteiger partial charge in [0.05, 0.1) is 27.4 Å². The molecule has 220 valence electrons. The van der Waals surface area contributed by atoms with Crippen molar-refractivity contribution < 1.29 is 27.7 Å². The van der Waals surface area contributed by atoms with Crippen LogP contribution < -0.4 is 14.2 Å². The number of hydrogen-bond acceptors (Lipinski definition) is 10. The predicted molar refractivity (Wildman–Crippen MR) is 158 cm³/mol. The lowest BCUT2D eigenvalue weighted by Gasteiger charge is -2.24. The number of nitrogens with one attached hydrogen (secondary N) is 1. The highest BCUT2D eigenvalue weighted by molar-refractivity contribution is 7.93. The minimum Gasteiger partial charge on any atom is -0.494 e. The van der Waals surface area contributed by atoms with Crippen molar-refractivity contribution in [2.45, 2.75) is 39.0 Å². The number of aliphatic imine (C=N–C) groups is 2. The Morgan fingerprint density at radius 1 is 1.20 bits per heavy atom. The van der Waals surface area contributed by atoms with Crippen molar-refractivity contribution in [3.8, 4) is 28.6 Å². The summed E-state index contributed by atoms with van der Waals surface area (Å²) < 4.78 is 48.6. The first-order chi connectivity index (χ1) is 19.6. The number of benzene rings is 1. The van der Waals surface area contributed by atoms with Crippen LogP contribution in [-0.4, -0.2) is 84.6 Å². The summed E-state index contributed by atoms with van der Waals surface area (Å²) in [7, 11) is -1.28. The number of ether oxygens (including phenoxy) is 3. The van der Waals surface area contributed by atoms with E-state index in [-0.39, 0.29) is 25.0 Å². The molecule has 0 fully saturated rings. The fourth-order valence-electron chi connectivity index (χ4n) is 3.86. The minimum atomic E-state index is -4.25. The summed E-state index contributed by atoms with van der Waals surface area (Å²) in [6.07, 6.45) is 3.65. The molecular formula is C27H35N7O6S. The highest BCUT2D eigenvalue weighted by Gasteiger charge is 2.36. The molecule has 0 aliphatic heterocycles. The number of para-hydroxylation sites is 1. The van der Waals surface area contributed by atoms with Gasteiger partial charge in [-0.05, 0) is 58.2 Å². The van der Waals surface area contributed by atoms with Crippen LogP contribution in [0.25, 0.3) is 17.1 Å². The molecule has 0 saturated carbocycles. The van der Waals surface area contributed by atoms with Crippen LogP contribution in [0.4, 0.5) is 5.95 Å². The van der Waals surface area contributed by atoms with E-state index in [1.807, 2.05) is 26.8 Å². The van der Waals surface area contributed by atoms with Crippen molar-refractivity contribution in [1.82, 2.24) is 19.7 Å². The summed E-state index contributed by atoms with van der Waals surface area (Å²) in [4.78, 5) is 12.4. The topological polar surface area (TPSA) is 162 Å². The van der Waals surface area contributed by atoms with E-state index in [0.717, 1.165) is 11.1 Å². The number of aliphatic hydroxyl groups is 1. The lowest BCUT2D eigenvalue weighted by Crippen LogP contribution is -2.42. The lowest BCUT2D eigenvalue weighted by atomic mass is 10.2. The standard InChI is InChI=1S/C27H35N7O6S/c1-17(2)14-30-25(28-5)24(40-12-11-35)19(4)41(36,37)33-27-32-31-26(20-13-18(3)15-29-16-20)34(27)23-21(38-6)9-8-10-22(23)39-7/h8-10,13-16,19,24,35H,5,11-12H2,1-4,6-7H3,(H,32,33)/t19-,24-/m1/s1. The van der Waals surface area contributed by atoms with Gasteiger partial charge in [-0.3, -0.25) is 14.3 Å². The van der Waals surface area contributed by atoms with Crippen molar-refractivity contribution in [1.29, 1.82) is 0 Å². The van der Waals surface area contributed by atoms with Crippen molar-refractivity contribution >= 4 is 28.5 Å². The Balaban J connectivity index is 2.19. The minimum absolute atomic E-state index is 0.0388. The molecule has 0 radical (unpaired) electrons. The number of sulfonamides is 1. The first kappa shape index (κ1) is 31.4. The first-order valence-corrected chi connectivity index (χ1v) is 14.1. The van der Waals surface area contributed by atoms with Gasteiger partial charge in [-0.15, -0.1) is 10.2 Å². The maximum Gasteiger partial charge on any atom is 0.243 e. The summed E-state index contributed by atoms with van der Waals surface area (Å²) in [5, 5.41) is 16.6. The molecule has 1 aromatic carbocycles. The SMILES string of the molecule is C=NC(=NC=C(C)C)[C@H](OCCO)[C@@H](C)S(=O)(=O)Nc1nnc(-c2cncc(C)c2)n1-c1c(OC)cccc1OC. The molecule has 3 rings (SSSR count). The molecule has 0 spiro atoms. The average Bonchev–Trinajstić information content (AvgIpc) is 3.35. The van der Waals surface area contributed by atoms with Crippen LogP contribution in [0, 0.1) is 6.92 Å². The Bertz CT molecular complexity index is 1510. The smallest absolute Gasteiger partial charge is 0.243 e. The zero-order valence-electron chi connectivity index (χ0n) is 23.9. The highest BCUT2D eigenvalue weighted by atomic mass is 32.2. The molecule has 2 atom stereocenters. The summed E-state index contributed by atoms with van der Waals surface area (Å²) >= 11 is 0. The molecule has 0 aliphatic carbocycles. The van der Waals surface area contributed by atoms with Crippen molar-refractivity contribution in [2.75, 3.05) is 32.2 Å². The maximum atomic E-state index is 13.8. The van der Waals surface area contributed by atoms with Crippen LogP contribution in [0.5, 0.6) is 11.5 Å². The van der Waals surface area contributed by atoms with Gasteiger partial charge in [-0.25, -0.2) is 18.4 Å². The number of pyridine rings is 1. The Kier molecular flexibility index (Phi) is 10.7. The number of nitrogens with zero attached hydrogens (tertiary/aromatic N) is 6. The molecule has 2 heterocycles. The molecular weight excluding hydrogens is 550 g/mol. The van der Waals surface area contributed by atoms with E-state index in [0.29, 0.717) is 28.6 Å². The van der Waals surface area contributed by atoms with Gasteiger partial charge in [0, 0.05) is 24.2 Å². The third kappa shape index (κ3) is 7.34. The molecule has 0 amide bonds. The van der Waals surface area contributed by atoms with Crippen LogP contribution in [0.15, 0.2) is 58.4 Å². The van der Waals surface area contributed by atoms with Gasteiger partial charge >= 0.3 is 0 Å². The zero-order chi connectivity index (χ0) is 30.2. The summed E-state index contributed by atoms with van der Waals surface area (Å²) in [5.41, 5.74) is 2.68.